The highest BCUT2D eigenvalue weighted by molar-refractivity contribution is 9.10. The maximum absolute atomic E-state index is 11.6. The number of aromatic nitrogens is 1. The standard InChI is InChI=1S/C17H23BrN2O3/c1-22-15(21)10-23-17(13-3-8-19-9-14(13)18)6-5-16(11-17)4-2-7-20-12-16/h3,8-9,20H,2,4-7,10-12H2,1H3. The molecule has 2 fully saturated rings. The van der Waals surface area contributed by atoms with E-state index in [1.54, 1.807) is 12.4 Å². The summed E-state index contributed by atoms with van der Waals surface area (Å²) in [5.41, 5.74) is 0.894. The third-order valence-corrected chi connectivity index (χ3v) is 5.87. The zero-order valence-corrected chi connectivity index (χ0v) is 15.0. The van der Waals surface area contributed by atoms with Gasteiger partial charge in [0.1, 0.15) is 6.61 Å². The Morgan fingerprint density at radius 2 is 2.30 bits per heavy atom. The van der Waals surface area contributed by atoms with E-state index in [0.29, 0.717) is 0 Å². The van der Waals surface area contributed by atoms with Crippen molar-refractivity contribution in [1.29, 1.82) is 0 Å². The van der Waals surface area contributed by atoms with E-state index in [4.69, 9.17) is 9.47 Å². The van der Waals surface area contributed by atoms with Crippen LogP contribution in [-0.4, -0.2) is 37.8 Å². The number of methoxy groups -OCH3 is 1. The molecule has 2 atom stereocenters. The van der Waals surface area contributed by atoms with E-state index < -0.39 is 5.60 Å². The number of pyridine rings is 1. The number of hydrogen-bond donors (Lipinski definition) is 1. The number of hydrogen-bond acceptors (Lipinski definition) is 5. The zero-order valence-electron chi connectivity index (χ0n) is 13.4. The fourth-order valence-corrected chi connectivity index (χ4v) is 4.69. The predicted molar refractivity (Wildman–Crippen MR) is 90.0 cm³/mol. The Morgan fingerprint density at radius 3 is 3.00 bits per heavy atom. The van der Waals surface area contributed by atoms with Crippen LogP contribution in [0.1, 0.15) is 37.7 Å². The van der Waals surface area contributed by atoms with Gasteiger partial charge in [-0.1, -0.05) is 0 Å². The van der Waals surface area contributed by atoms with Gasteiger partial charge in [-0.05, 0) is 66.1 Å². The molecule has 2 heterocycles. The first kappa shape index (κ1) is 16.9. The second-order valence-corrected chi connectivity index (χ2v) is 7.53. The number of halogens is 1. The lowest BCUT2D eigenvalue weighted by atomic mass is 9.77. The molecule has 1 aliphatic carbocycles. The molecule has 3 rings (SSSR count). The predicted octanol–water partition coefficient (Wildman–Crippen LogP) is 2.78. The summed E-state index contributed by atoms with van der Waals surface area (Å²) >= 11 is 3.60. The van der Waals surface area contributed by atoms with Crippen LogP contribution in [0, 0.1) is 5.41 Å². The van der Waals surface area contributed by atoms with Crippen LogP contribution in [0.5, 0.6) is 0 Å². The minimum Gasteiger partial charge on any atom is -0.467 e. The number of piperidine rings is 1. The molecule has 0 amide bonds. The van der Waals surface area contributed by atoms with Gasteiger partial charge in [0.15, 0.2) is 0 Å². The number of nitrogens with zero attached hydrogens (tertiary/aromatic N) is 1. The second kappa shape index (κ2) is 6.87. The summed E-state index contributed by atoms with van der Waals surface area (Å²) in [5.74, 6) is -0.336. The largest absolute Gasteiger partial charge is 0.467 e. The molecule has 2 aliphatic rings. The molecular formula is C17H23BrN2O3. The molecule has 1 spiro atoms. The summed E-state index contributed by atoms with van der Waals surface area (Å²) in [7, 11) is 1.39. The average Bonchev–Trinajstić information content (AvgIpc) is 2.93. The normalized spacial score (nSPS) is 30.5. The molecule has 1 N–H and O–H groups in total. The first-order chi connectivity index (χ1) is 11.1. The van der Waals surface area contributed by atoms with Crippen molar-refractivity contribution < 1.29 is 14.3 Å². The molecular weight excluding hydrogens is 360 g/mol. The van der Waals surface area contributed by atoms with E-state index in [1.807, 2.05) is 6.07 Å². The molecule has 0 radical (unpaired) electrons. The van der Waals surface area contributed by atoms with Gasteiger partial charge >= 0.3 is 5.97 Å². The van der Waals surface area contributed by atoms with Gasteiger partial charge in [-0.15, -0.1) is 0 Å². The Bertz CT molecular complexity index is 575. The maximum atomic E-state index is 11.6. The molecule has 0 aromatic carbocycles. The molecule has 2 unspecified atom stereocenters. The summed E-state index contributed by atoms with van der Waals surface area (Å²) in [6.45, 7) is 2.10. The van der Waals surface area contributed by atoms with Gasteiger partial charge in [-0.2, -0.15) is 0 Å². The first-order valence-corrected chi connectivity index (χ1v) is 8.90. The minimum absolute atomic E-state index is 0.0191. The van der Waals surface area contributed by atoms with Crippen molar-refractivity contribution in [2.45, 2.75) is 37.7 Å². The van der Waals surface area contributed by atoms with E-state index in [-0.39, 0.29) is 18.0 Å². The molecule has 5 nitrogen and oxygen atoms in total. The molecule has 1 saturated carbocycles. The van der Waals surface area contributed by atoms with E-state index in [9.17, 15) is 4.79 Å². The van der Waals surface area contributed by atoms with Crippen LogP contribution in [0.15, 0.2) is 22.9 Å². The van der Waals surface area contributed by atoms with Gasteiger partial charge in [0, 0.05) is 29.0 Å². The lowest BCUT2D eigenvalue weighted by Gasteiger charge is -2.37. The third-order valence-electron chi connectivity index (χ3n) is 5.24. The summed E-state index contributed by atoms with van der Waals surface area (Å²) < 4.78 is 11.9. The van der Waals surface area contributed by atoms with E-state index in [1.165, 1.54) is 20.0 Å². The average molecular weight is 383 g/mol. The Hall–Kier alpha value is -0.980. The molecule has 1 aromatic heterocycles. The van der Waals surface area contributed by atoms with Crippen LogP contribution in [-0.2, 0) is 19.9 Å². The highest BCUT2D eigenvalue weighted by atomic mass is 79.9. The van der Waals surface area contributed by atoms with E-state index in [0.717, 1.165) is 42.4 Å². The van der Waals surface area contributed by atoms with Gasteiger partial charge in [-0.25, -0.2) is 4.79 Å². The van der Waals surface area contributed by atoms with Crippen molar-refractivity contribution in [1.82, 2.24) is 10.3 Å². The van der Waals surface area contributed by atoms with Crippen LogP contribution < -0.4 is 5.32 Å². The number of carbonyl (C=O) groups is 1. The molecule has 23 heavy (non-hydrogen) atoms. The van der Waals surface area contributed by atoms with Crippen LogP contribution >= 0.6 is 15.9 Å². The fourth-order valence-electron chi connectivity index (χ4n) is 4.08. The van der Waals surface area contributed by atoms with Gasteiger partial charge in [0.05, 0.1) is 12.7 Å². The van der Waals surface area contributed by atoms with Crippen LogP contribution in [0.4, 0.5) is 0 Å². The summed E-state index contributed by atoms with van der Waals surface area (Å²) in [6.07, 6.45) is 8.93. The van der Waals surface area contributed by atoms with Crippen molar-refractivity contribution in [2.24, 2.45) is 5.41 Å². The van der Waals surface area contributed by atoms with Crippen LogP contribution in [0.25, 0.3) is 0 Å². The molecule has 0 bridgehead atoms. The Balaban J connectivity index is 1.89. The van der Waals surface area contributed by atoms with Crippen molar-refractivity contribution in [3.63, 3.8) is 0 Å². The highest BCUT2D eigenvalue weighted by Crippen LogP contribution is 2.55. The zero-order chi connectivity index (χ0) is 16.3. The van der Waals surface area contributed by atoms with Crippen molar-refractivity contribution in [3.05, 3.63) is 28.5 Å². The lowest BCUT2D eigenvalue weighted by Crippen LogP contribution is -2.40. The maximum Gasteiger partial charge on any atom is 0.331 e. The smallest absolute Gasteiger partial charge is 0.331 e. The summed E-state index contributed by atoms with van der Waals surface area (Å²) in [4.78, 5) is 15.8. The summed E-state index contributed by atoms with van der Waals surface area (Å²) in [6, 6.07) is 2.00. The van der Waals surface area contributed by atoms with Gasteiger partial charge in [0.25, 0.3) is 0 Å². The molecule has 1 aliphatic heterocycles. The van der Waals surface area contributed by atoms with E-state index >= 15 is 0 Å². The quantitative estimate of drug-likeness (QED) is 0.811. The number of nitrogens with one attached hydrogen (secondary N) is 1. The van der Waals surface area contributed by atoms with Gasteiger partial charge in [0.2, 0.25) is 0 Å². The molecule has 6 heteroatoms. The van der Waals surface area contributed by atoms with Crippen LogP contribution in [0.3, 0.4) is 0 Å². The minimum atomic E-state index is -0.449. The molecule has 1 aromatic rings. The topological polar surface area (TPSA) is 60.5 Å². The van der Waals surface area contributed by atoms with Gasteiger partial charge < -0.3 is 14.8 Å². The van der Waals surface area contributed by atoms with Crippen molar-refractivity contribution in [3.8, 4) is 0 Å². The molecule has 126 valence electrons. The SMILES string of the molecule is COC(=O)COC1(c2ccncc2Br)CCC2(CCCNC2)C1. The fraction of sp³-hybridized carbons (Fsp3) is 0.647. The monoisotopic (exact) mass is 382 g/mol. The first-order valence-electron chi connectivity index (χ1n) is 8.11. The lowest BCUT2D eigenvalue weighted by molar-refractivity contribution is -0.154. The Kier molecular flexibility index (Phi) is 5.04. The molecule has 1 saturated heterocycles. The number of esters is 1. The number of carbonyl (C=O) groups excluding carboxylic acids is 1. The third kappa shape index (κ3) is 3.44. The summed E-state index contributed by atoms with van der Waals surface area (Å²) in [5, 5.41) is 3.53. The number of rotatable bonds is 4. The van der Waals surface area contributed by atoms with Crippen molar-refractivity contribution in [2.75, 3.05) is 26.8 Å². The Morgan fingerprint density at radius 1 is 1.43 bits per heavy atom. The highest BCUT2D eigenvalue weighted by Gasteiger charge is 2.51. The van der Waals surface area contributed by atoms with E-state index in [2.05, 4.69) is 26.2 Å². The second-order valence-electron chi connectivity index (χ2n) is 6.67. The van der Waals surface area contributed by atoms with Gasteiger partial charge in [-0.3, -0.25) is 4.98 Å². The Labute approximate surface area is 145 Å². The van der Waals surface area contributed by atoms with Crippen LogP contribution in [0.2, 0.25) is 0 Å². The van der Waals surface area contributed by atoms with Crippen molar-refractivity contribution >= 4 is 21.9 Å². The number of ether oxygens (including phenoxy) is 2.